The minimum Gasteiger partial charge on any atom is -0.428 e. The number of hydrogen-bond donors (Lipinski definition) is 0. The van der Waals surface area contributed by atoms with E-state index in [1.54, 1.807) is 0 Å². The van der Waals surface area contributed by atoms with E-state index in [0.29, 0.717) is 13.2 Å². The van der Waals surface area contributed by atoms with Crippen LogP contribution in [0.3, 0.4) is 0 Å². The summed E-state index contributed by atoms with van der Waals surface area (Å²) in [5, 5.41) is 0. The first-order valence-electron chi connectivity index (χ1n) is 4.52. The van der Waals surface area contributed by atoms with Crippen LogP contribution in [-0.2, 0) is 18.7 Å². The average Bonchev–Trinajstić information content (AvgIpc) is 2.80. The SMILES string of the molecule is O=C(OP=NP)OC1COC2OCCC12. The second-order valence-corrected chi connectivity index (χ2v) is 4.49. The van der Waals surface area contributed by atoms with Crippen molar-refractivity contribution in [2.24, 2.45) is 10.4 Å². The number of rotatable bonds is 2. The number of ether oxygens (including phenoxy) is 3. The maximum Gasteiger partial charge on any atom is 0.518 e. The van der Waals surface area contributed by atoms with Gasteiger partial charge < -0.3 is 18.7 Å². The molecule has 2 saturated heterocycles. The van der Waals surface area contributed by atoms with Crippen LogP contribution in [0.5, 0.6) is 0 Å². The molecule has 2 heterocycles. The summed E-state index contributed by atoms with van der Waals surface area (Å²) in [6.07, 6.45) is -0.338. The summed E-state index contributed by atoms with van der Waals surface area (Å²) >= 11 is 0. The molecule has 4 unspecified atom stereocenters. The molecule has 8 heteroatoms. The first kappa shape index (κ1) is 11.2. The Bertz CT molecular complexity index is 274. The van der Waals surface area contributed by atoms with Gasteiger partial charge in [-0.3, -0.25) is 0 Å². The van der Waals surface area contributed by atoms with Gasteiger partial charge >= 0.3 is 6.16 Å². The number of carbonyl (C=O) groups is 1. The van der Waals surface area contributed by atoms with E-state index in [-0.39, 0.29) is 26.9 Å². The molecule has 0 bridgehead atoms. The van der Waals surface area contributed by atoms with Crippen LogP contribution in [0.25, 0.3) is 0 Å². The third kappa shape index (κ3) is 2.64. The lowest BCUT2D eigenvalue weighted by atomic mass is 10.0. The van der Waals surface area contributed by atoms with Gasteiger partial charge in [-0.1, -0.05) is 0 Å². The Hall–Kier alpha value is -0.280. The molecule has 0 amide bonds. The number of carbonyl (C=O) groups excluding carboxylic acids is 1. The van der Waals surface area contributed by atoms with Crippen LogP contribution >= 0.6 is 18.0 Å². The summed E-state index contributed by atoms with van der Waals surface area (Å²) in [4.78, 5) is 11.1. The van der Waals surface area contributed by atoms with Gasteiger partial charge in [0.1, 0.15) is 6.10 Å². The van der Waals surface area contributed by atoms with Crippen LogP contribution in [0.1, 0.15) is 6.42 Å². The molecular formula is C7H11NO5P2. The standard InChI is InChI=1S/C7H11NO5P2/c9-7(13-15-8-14)12-5-3-11-6-4(5)1-2-10-6/h4-6H,1-3,14H2. The molecule has 0 spiro atoms. The lowest BCUT2D eigenvalue weighted by Crippen LogP contribution is -2.25. The lowest BCUT2D eigenvalue weighted by Gasteiger charge is -2.13. The molecule has 4 atom stereocenters. The van der Waals surface area contributed by atoms with E-state index in [9.17, 15) is 4.79 Å². The Morgan fingerprint density at radius 3 is 3.20 bits per heavy atom. The molecule has 84 valence electrons. The Kier molecular flexibility index (Phi) is 3.87. The molecule has 2 rings (SSSR count). The zero-order valence-corrected chi connectivity index (χ0v) is 9.92. The highest BCUT2D eigenvalue weighted by Crippen LogP contribution is 2.33. The van der Waals surface area contributed by atoms with E-state index >= 15 is 0 Å². The predicted octanol–water partition coefficient (Wildman–Crippen LogP) is 1.74. The van der Waals surface area contributed by atoms with Crippen LogP contribution in [0.15, 0.2) is 4.52 Å². The van der Waals surface area contributed by atoms with Crippen LogP contribution in [0.4, 0.5) is 4.79 Å². The van der Waals surface area contributed by atoms with Gasteiger partial charge in [-0.25, -0.2) is 9.31 Å². The van der Waals surface area contributed by atoms with Gasteiger partial charge in [-0.15, -0.1) is 0 Å². The molecule has 0 radical (unpaired) electrons. The molecule has 0 N–H and O–H groups in total. The Labute approximate surface area is 90.8 Å². The fourth-order valence-corrected chi connectivity index (χ4v) is 2.05. The monoisotopic (exact) mass is 251 g/mol. The van der Waals surface area contributed by atoms with Crippen molar-refractivity contribution in [2.75, 3.05) is 13.2 Å². The quantitative estimate of drug-likeness (QED) is 0.552. The van der Waals surface area contributed by atoms with E-state index in [1.165, 1.54) is 0 Å². The van der Waals surface area contributed by atoms with Crippen LogP contribution < -0.4 is 0 Å². The van der Waals surface area contributed by atoms with Crippen molar-refractivity contribution in [1.29, 1.82) is 0 Å². The van der Waals surface area contributed by atoms with E-state index in [0.717, 1.165) is 6.42 Å². The Morgan fingerprint density at radius 1 is 1.53 bits per heavy atom. The fourth-order valence-electron chi connectivity index (χ4n) is 1.75. The molecule has 0 aromatic rings. The van der Waals surface area contributed by atoms with Crippen molar-refractivity contribution >= 4 is 24.1 Å². The molecule has 6 nitrogen and oxygen atoms in total. The Morgan fingerprint density at radius 2 is 2.40 bits per heavy atom. The zero-order valence-electron chi connectivity index (χ0n) is 7.87. The van der Waals surface area contributed by atoms with E-state index in [1.807, 2.05) is 0 Å². The Balaban J connectivity index is 1.82. The smallest absolute Gasteiger partial charge is 0.428 e. The number of nitrogens with zero attached hydrogens (tertiary/aromatic N) is 1. The van der Waals surface area contributed by atoms with Crippen LogP contribution in [0, 0.1) is 5.92 Å². The zero-order chi connectivity index (χ0) is 10.7. The lowest BCUT2D eigenvalue weighted by molar-refractivity contribution is -0.0907. The molecule has 0 aliphatic carbocycles. The highest BCUT2D eigenvalue weighted by Gasteiger charge is 2.44. The van der Waals surface area contributed by atoms with Crippen molar-refractivity contribution < 1.29 is 23.5 Å². The highest BCUT2D eigenvalue weighted by molar-refractivity contribution is 7.31. The highest BCUT2D eigenvalue weighted by atomic mass is 31.1. The van der Waals surface area contributed by atoms with Crippen LogP contribution in [-0.4, -0.2) is 31.8 Å². The molecule has 15 heavy (non-hydrogen) atoms. The second-order valence-electron chi connectivity index (χ2n) is 3.22. The van der Waals surface area contributed by atoms with Crippen molar-refractivity contribution in [3.63, 3.8) is 0 Å². The number of hydrogen-bond acceptors (Lipinski definition) is 6. The summed E-state index contributed by atoms with van der Waals surface area (Å²) in [5.41, 5.74) is 0. The third-order valence-corrected chi connectivity index (χ3v) is 3.00. The van der Waals surface area contributed by atoms with Gasteiger partial charge in [0.2, 0.25) is 0 Å². The average molecular weight is 251 g/mol. The maximum atomic E-state index is 11.1. The summed E-state index contributed by atoms with van der Waals surface area (Å²) in [6, 6.07) is 0. The van der Waals surface area contributed by atoms with Crippen molar-refractivity contribution in [3.8, 4) is 0 Å². The molecule has 0 aromatic heterocycles. The molecule has 2 aliphatic rings. The van der Waals surface area contributed by atoms with Gasteiger partial charge in [-0.05, 0) is 15.8 Å². The minimum atomic E-state index is -0.719. The largest absolute Gasteiger partial charge is 0.518 e. The molecule has 2 aliphatic heterocycles. The van der Waals surface area contributed by atoms with Gasteiger partial charge in [0, 0.05) is 0 Å². The van der Waals surface area contributed by atoms with E-state index in [2.05, 4.69) is 18.4 Å². The maximum absolute atomic E-state index is 11.1. The third-order valence-electron chi connectivity index (χ3n) is 2.40. The molecule has 2 fully saturated rings. The van der Waals surface area contributed by atoms with Crippen LogP contribution in [0.2, 0.25) is 0 Å². The topological polar surface area (TPSA) is 66.4 Å². The summed E-state index contributed by atoms with van der Waals surface area (Å²) in [7, 11) is 2.31. The van der Waals surface area contributed by atoms with Gasteiger partial charge in [-0.2, -0.15) is 0 Å². The van der Waals surface area contributed by atoms with Gasteiger partial charge in [0.25, 0.3) is 8.60 Å². The van der Waals surface area contributed by atoms with Gasteiger partial charge in [0.05, 0.1) is 19.1 Å². The normalized spacial score (nSPS) is 34.3. The molecule has 0 aromatic carbocycles. The van der Waals surface area contributed by atoms with Crippen molar-refractivity contribution in [2.45, 2.75) is 18.8 Å². The summed E-state index contributed by atoms with van der Waals surface area (Å²) in [6.45, 7) is 1.03. The van der Waals surface area contributed by atoms with Gasteiger partial charge in [0.15, 0.2) is 6.29 Å². The van der Waals surface area contributed by atoms with Crippen molar-refractivity contribution in [1.82, 2.24) is 0 Å². The second kappa shape index (κ2) is 5.17. The summed E-state index contributed by atoms with van der Waals surface area (Å²) < 4.78 is 23.8. The number of fused-ring (bicyclic) bond motifs is 1. The summed E-state index contributed by atoms with van der Waals surface area (Å²) in [5.74, 6) is 0.141. The fraction of sp³-hybridized carbons (Fsp3) is 0.857. The van der Waals surface area contributed by atoms with Crippen molar-refractivity contribution in [3.05, 3.63) is 0 Å². The van der Waals surface area contributed by atoms with E-state index in [4.69, 9.17) is 14.2 Å². The first-order valence-corrected chi connectivity index (χ1v) is 5.80. The van der Waals surface area contributed by atoms with E-state index < -0.39 is 6.16 Å². The predicted molar refractivity (Wildman–Crippen MR) is 54.2 cm³/mol. The first-order chi connectivity index (χ1) is 7.31. The molecule has 0 saturated carbocycles. The molecular weight excluding hydrogens is 240 g/mol. The minimum absolute atomic E-state index is 0.141.